The van der Waals surface area contributed by atoms with Crippen molar-refractivity contribution in [2.24, 2.45) is 0 Å². The van der Waals surface area contributed by atoms with Gasteiger partial charge < -0.3 is 10.2 Å². The molecular weight excluding hydrogens is 220 g/mol. The fourth-order valence-electron chi connectivity index (χ4n) is 2.68. The molecule has 1 unspecified atom stereocenters. The second-order valence-electron chi connectivity index (χ2n) is 5.64. The van der Waals surface area contributed by atoms with Gasteiger partial charge in [-0.25, -0.2) is 0 Å². The Morgan fingerprint density at radius 2 is 2.22 bits per heavy atom. The average molecular weight is 246 g/mol. The lowest BCUT2D eigenvalue weighted by Gasteiger charge is -2.35. The lowest BCUT2D eigenvalue weighted by Crippen LogP contribution is -2.50. The summed E-state index contributed by atoms with van der Waals surface area (Å²) in [5.74, 6) is 0.610. The van der Waals surface area contributed by atoms with Gasteiger partial charge in [-0.05, 0) is 30.0 Å². The van der Waals surface area contributed by atoms with Gasteiger partial charge in [0.05, 0.1) is 0 Å². The minimum absolute atomic E-state index is 0.610. The van der Waals surface area contributed by atoms with E-state index in [1.165, 1.54) is 24.1 Å². The highest BCUT2D eigenvalue weighted by atomic mass is 15.2. The van der Waals surface area contributed by atoms with E-state index in [0.29, 0.717) is 12.0 Å². The first kappa shape index (κ1) is 13.4. The van der Waals surface area contributed by atoms with Crippen LogP contribution in [0.5, 0.6) is 0 Å². The molecule has 1 N–H and O–H groups in total. The summed E-state index contributed by atoms with van der Waals surface area (Å²) in [5.41, 5.74) is 2.84. The predicted molar refractivity (Wildman–Crippen MR) is 79.4 cm³/mol. The van der Waals surface area contributed by atoms with E-state index in [4.69, 9.17) is 0 Å². The number of hydrogen-bond acceptors (Lipinski definition) is 2. The van der Waals surface area contributed by atoms with E-state index in [-0.39, 0.29) is 0 Å². The molecule has 2 rings (SSSR count). The number of piperazine rings is 1. The molecule has 1 heterocycles. The van der Waals surface area contributed by atoms with E-state index in [1.807, 2.05) is 0 Å². The molecular formula is C16H26N2. The van der Waals surface area contributed by atoms with Crippen LogP contribution >= 0.6 is 0 Å². The minimum atomic E-state index is 0.610. The molecule has 100 valence electrons. The lowest BCUT2D eigenvalue weighted by molar-refractivity contribution is 0.431. The molecule has 1 aliphatic rings. The van der Waals surface area contributed by atoms with Crippen LogP contribution in [0.25, 0.3) is 0 Å². The van der Waals surface area contributed by atoms with Crippen LogP contribution in [0.1, 0.15) is 45.1 Å². The molecule has 1 saturated heterocycles. The third-order valence-corrected chi connectivity index (χ3v) is 3.79. The largest absolute Gasteiger partial charge is 0.369 e. The van der Waals surface area contributed by atoms with Gasteiger partial charge in [0.2, 0.25) is 0 Å². The fourth-order valence-corrected chi connectivity index (χ4v) is 2.68. The van der Waals surface area contributed by atoms with Crippen molar-refractivity contribution >= 4 is 5.69 Å². The van der Waals surface area contributed by atoms with E-state index >= 15 is 0 Å². The van der Waals surface area contributed by atoms with Gasteiger partial charge >= 0.3 is 0 Å². The average Bonchev–Trinajstić information content (AvgIpc) is 2.39. The highest BCUT2D eigenvalue weighted by molar-refractivity contribution is 5.49. The molecule has 1 atom stereocenters. The van der Waals surface area contributed by atoms with Crippen LogP contribution in [0, 0.1) is 0 Å². The van der Waals surface area contributed by atoms with Crippen molar-refractivity contribution in [1.82, 2.24) is 5.32 Å². The Hall–Kier alpha value is -1.02. The molecule has 0 bridgehead atoms. The van der Waals surface area contributed by atoms with E-state index < -0.39 is 0 Å². The Morgan fingerprint density at radius 3 is 2.94 bits per heavy atom. The molecule has 18 heavy (non-hydrogen) atoms. The van der Waals surface area contributed by atoms with Crippen LogP contribution in [0.4, 0.5) is 5.69 Å². The van der Waals surface area contributed by atoms with Crippen molar-refractivity contribution in [2.75, 3.05) is 24.5 Å². The van der Waals surface area contributed by atoms with Crippen LogP contribution < -0.4 is 10.2 Å². The number of hydrogen-bond donors (Lipinski definition) is 1. The Labute approximate surface area is 111 Å². The Bertz CT molecular complexity index is 371. The summed E-state index contributed by atoms with van der Waals surface area (Å²) in [6.07, 6.45) is 2.54. The maximum absolute atomic E-state index is 3.62. The number of anilines is 1. The zero-order valence-corrected chi connectivity index (χ0v) is 11.9. The molecule has 0 spiro atoms. The molecule has 1 fully saturated rings. The number of benzene rings is 1. The summed E-state index contributed by atoms with van der Waals surface area (Å²) in [6.45, 7) is 10.2. The van der Waals surface area contributed by atoms with E-state index in [0.717, 1.165) is 19.6 Å². The van der Waals surface area contributed by atoms with Crippen molar-refractivity contribution in [2.45, 2.75) is 45.6 Å². The smallest absolute Gasteiger partial charge is 0.0370 e. The normalized spacial score (nSPS) is 20.4. The topological polar surface area (TPSA) is 15.3 Å². The van der Waals surface area contributed by atoms with Crippen LogP contribution in [0.2, 0.25) is 0 Å². The third kappa shape index (κ3) is 3.26. The monoisotopic (exact) mass is 246 g/mol. The van der Waals surface area contributed by atoms with Crippen LogP contribution in [-0.2, 0) is 0 Å². The standard InChI is InChI=1S/C16H26N2/c1-4-6-15-12-18(10-9-17-15)16-8-5-7-14(11-16)13(2)3/h5,7-8,11,13,15,17H,4,6,9-10,12H2,1-3H3. The quantitative estimate of drug-likeness (QED) is 0.876. The second-order valence-corrected chi connectivity index (χ2v) is 5.64. The fraction of sp³-hybridized carbons (Fsp3) is 0.625. The third-order valence-electron chi connectivity index (χ3n) is 3.79. The predicted octanol–water partition coefficient (Wildman–Crippen LogP) is 3.39. The van der Waals surface area contributed by atoms with Gasteiger partial charge in [-0.1, -0.05) is 39.3 Å². The zero-order chi connectivity index (χ0) is 13.0. The number of nitrogens with zero attached hydrogens (tertiary/aromatic N) is 1. The van der Waals surface area contributed by atoms with E-state index in [1.54, 1.807) is 0 Å². The van der Waals surface area contributed by atoms with Gasteiger partial charge in [-0.2, -0.15) is 0 Å². The molecule has 0 aromatic heterocycles. The van der Waals surface area contributed by atoms with Crippen molar-refractivity contribution in [3.05, 3.63) is 29.8 Å². The number of nitrogens with one attached hydrogen (secondary N) is 1. The highest BCUT2D eigenvalue weighted by Crippen LogP contribution is 2.22. The first-order valence-corrected chi connectivity index (χ1v) is 7.29. The molecule has 2 nitrogen and oxygen atoms in total. The summed E-state index contributed by atoms with van der Waals surface area (Å²) in [7, 11) is 0. The van der Waals surface area contributed by atoms with Gasteiger partial charge in [0.15, 0.2) is 0 Å². The van der Waals surface area contributed by atoms with Gasteiger partial charge in [0, 0.05) is 31.4 Å². The van der Waals surface area contributed by atoms with Crippen molar-refractivity contribution in [3.8, 4) is 0 Å². The second kappa shape index (κ2) is 6.24. The Morgan fingerprint density at radius 1 is 1.39 bits per heavy atom. The summed E-state index contributed by atoms with van der Waals surface area (Å²) in [6, 6.07) is 9.70. The molecule has 2 heteroatoms. The van der Waals surface area contributed by atoms with Crippen LogP contribution in [0.3, 0.4) is 0 Å². The highest BCUT2D eigenvalue weighted by Gasteiger charge is 2.18. The van der Waals surface area contributed by atoms with Crippen molar-refractivity contribution in [1.29, 1.82) is 0 Å². The molecule has 1 aromatic carbocycles. The maximum Gasteiger partial charge on any atom is 0.0370 e. The molecule has 0 aliphatic carbocycles. The first-order chi connectivity index (χ1) is 8.70. The summed E-state index contributed by atoms with van der Waals surface area (Å²) >= 11 is 0. The van der Waals surface area contributed by atoms with Crippen LogP contribution in [-0.4, -0.2) is 25.7 Å². The Balaban J connectivity index is 2.08. The van der Waals surface area contributed by atoms with Gasteiger partial charge in [0.1, 0.15) is 0 Å². The Kier molecular flexibility index (Phi) is 4.65. The van der Waals surface area contributed by atoms with E-state index in [9.17, 15) is 0 Å². The van der Waals surface area contributed by atoms with Crippen LogP contribution in [0.15, 0.2) is 24.3 Å². The minimum Gasteiger partial charge on any atom is -0.369 e. The molecule has 1 aliphatic heterocycles. The van der Waals surface area contributed by atoms with Crippen molar-refractivity contribution < 1.29 is 0 Å². The lowest BCUT2D eigenvalue weighted by atomic mass is 10.0. The molecule has 0 radical (unpaired) electrons. The SMILES string of the molecule is CCCC1CN(c2cccc(C(C)C)c2)CCN1. The van der Waals surface area contributed by atoms with E-state index in [2.05, 4.69) is 55.3 Å². The van der Waals surface area contributed by atoms with Crippen molar-refractivity contribution in [3.63, 3.8) is 0 Å². The van der Waals surface area contributed by atoms with Gasteiger partial charge in [-0.3, -0.25) is 0 Å². The molecule has 0 saturated carbocycles. The molecule has 0 amide bonds. The maximum atomic E-state index is 3.62. The summed E-state index contributed by atoms with van der Waals surface area (Å²) < 4.78 is 0. The zero-order valence-electron chi connectivity index (χ0n) is 11.9. The van der Waals surface area contributed by atoms with Gasteiger partial charge in [0.25, 0.3) is 0 Å². The van der Waals surface area contributed by atoms with Gasteiger partial charge in [-0.15, -0.1) is 0 Å². The summed E-state index contributed by atoms with van der Waals surface area (Å²) in [5, 5.41) is 3.62. The first-order valence-electron chi connectivity index (χ1n) is 7.29. The summed E-state index contributed by atoms with van der Waals surface area (Å²) in [4.78, 5) is 2.53. The number of rotatable bonds is 4. The molecule has 1 aromatic rings.